The Morgan fingerprint density at radius 2 is 1.95 bits per heavy atom. The molecule has 1 aliphatic rings. The zero-order valence-corrected chi connectivity index (χ0v) is 12.2. The van der Waals surface area contributed by atoms with Gasteiger partial charge in [-0.05, 0) is 37.1 Å². The molecule has 1 amide bonds. The molecule has 1 aliphatic heterocycles. The van der Waals surface area contributed by atoms with E-state index in [0.717, 1.165) is 17.7 Å². The van der Waals surface area contributed by atoms with Gasteiger partial charge >= 0.3 is 5.97 Å². The van der Waals surface area contributed by atoms with Crippen LogP contribution in [-0.4, -0.2) is 29.5 Å². The number of para-hydroxylation sites is 1. The predicted molar refractivity (Wildman–Crippen MR) is 81.6 cm³/mol. The third-order valence-corrected chi connectivity index (χ3v) is 3.72. The van der Waals surface area contributed by atoms with Crippen molar-refractivity contribution in [2.75, 3.05) is 11.5 Å². The fourth-order valence-corrected chi connectivity index (χ4v) is 2.71. The molecule has 0 saturated carbocycles. The van der Waals surface area contributed by atoms with Crippen LogP contribution in [0.3, 0.4) is 0 Å². The van der Waals surface area contributed by atoms with Gasteiger partial charge in [0.1, 0.15) is 0 Å². The lowest BCUT2D eigenvalue weighted by Crippen LogP contribution is -2.38. The molecule has 2 heterocycles. The maximum absolute atomic E-state index is 12.4. The Kier molecular flexibility index (Phi) is 3.87. The van der Waals surface area contributed by atoms with Crippen LogP contribution in [0.2, 0.25) is 0 Å². The third kappa shape index (κ3) is 2.70. The molecular formula is C17H16N2O3. The number of nitrogens with zero attached hydrogens (tertiary/aromatic N) is 2. The smallest absolute Gasteiger partial charge is 0.338 e. The SMILES string of the molecule is C[C@H]1Cc2ccccc2N1C(=O)COC(=O)c1ccncc1. The van der Waals surface area contributed by atoms with Crippen molar-refractivity contribution in [3.05, 3.63) is 59.9 Å². The van der Waals surface area contributed by atoms with Gasteiger partial charge in [0.2, 0.25) is 0 Å². The topological polar surface area (TPSA) is 59.5 Å². The van der Waals surface area contributed by atoms with Gasteiger partial charge in [-0.3, -0.25) is 9.78 Å². The van der Waals surface area contributed by atoms with Crippen LogP contribution in [0.1, 0.15) is 22.8 Å². The van der Waals surface area contributed by atoms with Crippen LogP contribution in [0.25, 0.3) is 0 Å². The minimum atomic E-state index is -0.518. The molecule has 5 heteroatoms. The van der Waals surface area contributed by atoms with Crippen LogP contribution in [0.4, 0.5) is 5.69 Å². The molecule has 112 valence electrons. The van der Waals surface area contributed by atoms with Crippen molar-refractivity contribution in [1.82, 2.24) is 4.98 Å². The number of hydrogen-bond donors (Lipinski definition) is 0. The number of ether oxygens (including phenoxy) is 1. The van der Waals surface area contributed by atoms with E-state index in [4.69, 9.17) is 4.74 Å². The summed E-state index contributed by atoms with van der Waals surface area (Å²) in [5, 5.41) is 0. The number of hydrogen-bond acceptors (Lipinski definition) is 4. The Morgan fingerprint density at radius 3 is 2.73 bits per heavy atom. The van der Waals surface area contributed by atoms with Crippen LogP contribution in [0.5, 0.6) is 0 Å². The summed E-state index contributed by atoms with van der Waals surface area (Å²) in [4.78, 5) is 29.8. The first-order valence-electron chi connectivity index (χ1n) is 7.14. The zero-order chi connectivity index (χ0) is 15.5. The van der Waals surface area contributed by atoms with E-state index in [1.54, 1.807) is 17.0 Å². The number of esters is 1. The molecule has 1 aromatic carbocycles. The number of carbonyl (C=O) groups excluding carboxylic acids is 2. The average molecular weight is 296 g/mol. The van der Waals surface area contributed by atoms with Gasteiger partial charge in [0.15, 0.2) is 6.61 Å². The minimum absolute atomic E-state index is 0.0736. The molecule has 0 fully saturated rings. The molecule has 0 unspecified atom stereocenters. The van der Waals surface area contributed by atoms with Gasteiger partial charge in [-0.25, -0.2) is 4.79 Å². The van der Waals surface area contributed by atoms with E-state index in [-0.39, 0.29) is 18.6 Å². The molecule has 0 saturated heterocycles. The highest BCUT2D eigenvalue weighted by Crippen LogP contribution is 2.31. The highest BCUT2D eigenvalue weighted by molar-refractivity contribution is 5.99. The number of anilines is 1. The standard InChI is InChI=1S/C17H16N2O3/c1-12-10-14-4-2-3-5-15(14)19(12)16(20)11-22-17(21)13-6-8-18-9-7-13/h2-9,12H,10-11H2,1H3/t12-/m0/s1. The van der Waals surface area contributed by atoms with Crippen molar-refractivity contribution in [3.63, 3.8) is 0 Å². The van der Waals surface area contributed by atoms with Gasteiger partial charge in [-0.2, -0.15) is 0 Å². The lowest BCUT2D eigenvalue weighted by atomic mass is 10.1. The third-order valence-electron chi connectivity index (χ3n) is 3.72. The first-order chi connectivity index (χ1) is 10.7. The second-order valence-corrected chi connectivity index (χ2v) is 5.26. The number of amides is 1. The lowest BCUT2D eigenvalue weighted by molar-refractivity contribution is -0.122. The molecule has 0 spiro atoms. The molecule has 0 N–H and O–H groups in total. The Bertz CT molecular complexity index is 700. The van der Waals surface area contributed by atoms with Gasteiger partial charge in [0, 0.05) is 24.1 Å². The first-order valence-corrected chi connectivity index (χ1v) is 7.14. The Morgan fingerprint density at radius 1 is 1.23 bits per heavy atom. The number of benzene rings is 1. The van der Waals surface area contributed by atoms with Crippen molar-refractivity contribution in [2.45, 2.75) is 19.4 Å². The molecule has 1 aromatic heterocycles. The number of carbonyl (C=O) groups is 2. The van der Waals surface area contributed by atoms with Gasteiger partial charge in [0.05, 0.1) is 5.56 Å². The Labute approximate surface area is 128 Å². The fourth-order valence-electron chi connectivity index (χ4n) is 2.71. The second kappa shape index (κ2) is 5.97. The molecule has 5 nitrogen and oxygen atoms in total. The summed E-state index contributed by atoms with van der Waals surface area (Å²) >= 11 is 0. The van der Waals surface area contributed by atoms with Crippen molar-refractivity contribution in [1.29, 1.82) is 0 Å². The van der Waals surface area contributed by atoms with Crippen LogP contribution in [0, 0.1) is 0 Å². The summed E-state index contributed by atoms with van der Waals surface area (Å²) in [5.74, 6) is -0.726. The summed E-state index contributed by atoms with van der Waals surface area (Å²) in [7, 11) is 0. The lowest BCUT2D eigenvalue weighted by Gasteiger charge is -2.22. The van der Waals surface area contributed by atoms with Crippen LogP contribution < -0.4 is 4.90 Å². The van der Waals surface area contributed by atoms with E-state index in [1.165, 1.54) is 12.4 Å². The van der Waals surface area contributed by atoms with E-state index in [2.05, 4.69) is 4.98 Å². The molecule has 0 aliphatic carbocycles. The molecule has 0 radical (unpaired) electrons. The van der Waals surface area contributed by atoms with Crippen LogP contribution >= 0.6 is 0 Å². The van der Waals surface area contributed by atoms with Crippen molar-refractivity contribution >= 4 is 17.6 Å². The second-order valence-electron chi connectivity index (χ2n) is 5.26. The minimum Gasteiger partial charge on any atom is -0.452 e. The number of pyridine rings is 1. The quantitative estimate of drug-likeness (QED) is 0.815. The molecule has 2 aromatic rings. The van der Waals surface area contributed by atoms with E-state index in [0.29, 0.717) is 5.56 Å². The molecular weight excluding hydrogens is 280 g/mol. The first kappa shape index (κ1) is 14.3. The number of rotatable bonds is 3. The van der Waals surface area contributed by atoms with E-state index in [1.807, 2.05) is 31.2 Å². The summed E-state index contributed by atoms with van der Waals surface area (Å²) in [6.45, 7) is 1.72. The summed E-state index contributed by atoms with van der Waals surface area (Å²) < 4.78 is 5.11. The van der Waals surface area contributed by atoms with E-state index in [9.17, 15) is 9.59 Å². The maximum atomic E-state index is 12.4. The summed E-state index contributed by atoms with van der Waals surface area (Å²) in [5.41, 5.74) is 2.43. The summed E-state index contributed by atoms with van der Waals surface area (Å²) in [6.07, 6.45) is 3.84. The molecule has 0 bridgehead atoms. The fraction of sp³-hybridized carbons (Fsp3) is 0.235. The maximum Gasteiger partial charge on any atom is 0.338 e. The zero-order valence-electron chi connectivity index (χ0n) is 12.2. The average Bonchev–Trinajstić information content (AvgIpc) is 2.89. The normalized spacial score (nSPS) is 16.2. The van der Waals surface area contributed by atoms with Gasteiger partial charge in [-0.1, -0.05) is 18.2 Å². The summed E-state index contributed by atoms with van der Waals surface area (Å²) in [6, 6.07) is 11.0. The molecule has 3 rings (SSSR count). The monoisotopic (exact) mass is 296 g/mol. The van der Waals surface area contributed by atoms with Crippen LogP contribution in [0.15, 0.2) is 48.8 Å². The Hall–Kier alpha value is -2.69. The van der Waals surface area contributed by atoms with Gasteiger partial charge in [-0.15, -0.1) is 0 Å². The predicted octanol–water partition coefficient (Wildman–Crippen LogP) is 2.22. The largest absolute Gasteiger partial charge is 0.452 e. The highest BCUT2D eigenvalue weighted by atomic mass is 16.5. The van der Waals surface area contributed by atoms with Crippen molar-refractivity contribution < 1.29 is 14.3 Å². The molecule has 1 atom stereocenters. The van der Waals surface area contributed by atoms with Gasteiger partial charge in [0.25, 0.3) is 5.91 Å². The van der Waals surface area contributed by atoms with Crippen molar-refractivity contribution in [3.8, 4) is 0 Å². The number of aromatic nitrogens is 1. The molecule has 22 heavy (non-hydrogen) atoms. The van der Waals surface area contributed by atoms with Crippen LogP contribution in [-0.2, 0) is 16.0 Å². The highest BCUT2D eigenvalue weighted by Gasteiger charge is 2.30. The van der Waals surface area contributed by atoms with E-state index >= 15 is 0 Å². The number of fused-ring (bicyclic) bond motifs is 1. The van der Waals surface area contributed by atoms with Crippen molar-refractivity contribution in [2.24, 2.45) is 0 Å². The van der Waals surface area contributed by atoms with Gasteiger partial charge < -0.3 is 9.64 Å². The Balaban J connectivity index is 1.67. The van der Waals surface area contributed by atoms with E-state index < -0.39 is 5.97 Å².